The molecule has 0 aliphatic heterocycles. The standard InChI is InChI=1S/C10H12O4/c1-3-14-8-6-4-5-7(9(8)11)10(12)13-2/h4-6,11H,3H2,1-2H3. The molecule has 0 saturated carbocycles. The number of hydrogen-bond donors (Lipinski definition) is 1. The van der Waals surface area contributed by atoms with Crippen LogP contribution in [0.15, 0.2) is 18.2 Å². The molecule has 0 amide bonds. The van der Waals surface area contributed by atoms with Crippen LogP contribution in [0, 0.1) is 0 Å². The maximum Gasteiger partial charge on any atom is 0.341 e. The third-order valence-corrected chi connectivity index (χ3v) is 1.70. The molecule has 1 rings (SSSR count). The summed E-state index contributed by atoms with van der Waals surface area (Å²) in [4.78, 5) is 11.2. The average molecular weight is 196 g/mol. The van der Waals surface area contributed by atoms with Gasteiger partial charge in [-0.1, -0.05) is 6.07 Å². The van der Waals surface area contributed by atoms with E-state index >= 15 is 0 Å². The van der Waals surface area contributed by atoms with Gasteiger partial charge >= 0.3 is 5.97 Å². The lowest BCUT2D eigenvalue weighted by atomic mass is 10.2. The molecule has 0 radical (unpaired) electrons. The van der Waals surface area contributed by atoms with Gasteiger partial charge < -0.3 is 14.6 Å². The van der Waals surface area contributed by atoms with Crippen LogP contribution in [0.5, 0.6) is 11.5 Å². The van der Waals surface area contributed by atoms with Gasteiger partial charge in [-0.25, -0.2) is 4.79 Å². The van der Waals surface area contributed by atoms with Crippen molar-refractivity contribution < 1.29 is 19.4 Å². The second-order valence-corrected chi connectivity index (χ2v) is 2.58. The Bertz CT molecular complexity index is 333. The first-order chi connectivity index (χ1) is 6.70. The molecule has 0 saturated heterocycles. The van der Waals surface area contributed by atoms with Crippen molar-refractivity contribution >= 4 is 5.97 Å². The van der Waals surface area contributed by atoms with Crippen LogP contribution in [0.4, 0.5) is 0 Å². The number of carbonyl (C=O) groups excluding carboxylic acids is 1. The fraction of sp³-hybridized carbons (Fsp3) is 0.300. The lowest BCUT2D eigenvalue weighted by Gasteiger charge is -2.08. The summed E-state index contributed by atoms with van der Waals surface area (Å²) in [5.74, 6) is -0.472. The Labute approximate surface area is 82.1 Å². The highest BCUT2D eigenvalue weighted by atomic mass is 16.5. The van der Waals surface area contributed by atoms with Crippen molar-refractivity contribution in [2.24, 2.45) is 0 Å². The lowest BCUT2D eigenvalue weighted by molar-refractivity contribution is 0.0596. The van der Waals surface area contributed by atoms with Crippen molar-refractivity contribution in [1.29, 1.82) is 0 Å². The molecule has 14 heavy (non-hydrogen) atoms. The number of ether oxygens (including phenoxy) is 2. The van der Waals surface area contributed by atoms with Crippen molar-refractivity contribution in [2.45, 2.75) is 6.92 Å². The van der Waals surface area contributed by atoms with E-state index in [9.17, 15) is 9.90 Å². The molecule has 0 spiro atoms. The first-order valence-electron chi connectivity index (χ1n) is 4.23. The minimum atomic E-state index is -0.580. The normalized spacial score (nSPS) is 9.57. The molecule has 0 atom stereocenters. The van der Waals surface area contributed by atoms with Gasteiger partial charge in [-0.15, -0.1) is 0 Å². The molecule has 1 N–H and O–H groups in total. The van der Waals surface area contributed by atoms with E-state index in [-0.39, 0.29) is 17.1 Å². The minimum Gasteiger partial charge on any atom is -0.504 e. The Morgan fingerprint density at radius 1 is 1.50 bits per heavy atom. The first-order valence-corrected chi connectivity index (χ1v) is 4.23. The van der Waals surface area contributed by atoms with E-state index < -0.39 is 5.97 Å². The molecule has 1 aromatic rings. The van der Waals surface area contributed by atoms with Crippen LogP contribution in [0.1, 0.15) is 17.3 Å². The number of phenolic OH excluding ortho intramolecular Hbond substituents is 1. The van der Waals surface area contributed by atoms with Crippen LogP contribution in [-0.4, -0.2) is 24.8 Å². The third kappa shape index (κ3) is 1.96. The highest BCUT2D eigenvalue weighted by Gasteiger charge is 2.14. The molecule has 0 unspecified atom stereocenters. The van der Waals surface area contributed by atoms with Gasteiger partial charge in [0.2, 0.25) is 0 Å². The summed E-state index contributed by atoms with van der Waals surface area (Å²) < 4.78 is 9.61. The van der Waals surface area contributed by atoms with E-state index in [4.69, 9.17) is 4.74 Å². The third-order valence-electron chi connectivity index (χ3n) is 1.70. The van der Waals surface area contributed by atoms with E-state index in [2.05, 4.69) is 4.74 Å². The first kappa shape index (κ1) is 10.4. The zero-order valence-corrected chi connectivity index (χ0v) is 8.11. The Hall–Kier alpha value is -1.71. The van der Waals surface area contributed by atoms with Crippen molar-refractivity contribution in [2.75, 3.05) is 13.7 Å². The van der Waals surface area contributed by atoms with Gasteiger partial charge in [0.15, 0.2) is 11.5 Å². The van der Waals surface area contributed by atoms with E-state index in [1.807, 2.05) is 0 Å². The van der Waals surface area contributed by atoms with E-state index in [0.717, 1.165) is 0 Å². The van der Waals surface area contributed by atoms with Gasteiger partial charge in [-0.3, -0.25) is 0 Å². The second-order valence-electron chi connectivity index (χ2n) is 2.58. The van der Waals surface area contributed by atoms with E-state index in [1.165, 1.54) is 13.2 Å². The van der Waals surface area contributed by atoms with Crippen molar-refractivity contribution in [1.82, 2.24) is 0 Å². The number of carbonyl (C=O) groups is 1. The van der Waals surface area contributed by atoms with Crippen molar-refractivity contribution in [3.8, 4) is 11.5 Å². The Morgan fingerprint density at radius 3 is 2.79 bits per heavy atom. The molecule has 4 nitrogen and oxygen atoms in total. The number of para-hydroxylation sites is 1. The molecular formula is C10H12O4. The van der Waals surface area contributed by atoms with Crippen LogP contribution < -0.4 is 4.74 Å². The van der Waals surface area contributed by atoms with Gasteiger partial charge in [-0.05, 0) is 19.1 Å². The van der Waals surface area contributed by atoms with Crippen molar-refractivity contribution in [3.05, 3.63) is 23.8 Å². The largest absolute Gasteiger partial charge is 0.504 e. The number of hydrogen-bond acceptors (Lipinski definition) is 4. The molecule has 0 fully saturated rings. The number of methoxy groups -OCH3 is 1. The average Bonchev–Trinajstić information content (AvgIpc) is 2.20. The highest BCUT2D eigenvalue weighted by molar-refractivity contribution is 5.93. The summed E-state index contributed by atoms with van der Waals surface area (Å²) in [6.07, 6.45) is 0. The smallest absolute Gasteiger partial charge is 0.341 e. The monoisotopic (exact) mass is 196 g/mol. The van der Waals surface area contributed by atoms with Crippen LogP contribution >= 0.6 is 0 Å². The summed E-state index contributed by atoms with van der Waals surface area (Å²) in [6, 6.07) is 4.69. The Balaban J connectivity index is 3.07. The zero-order valence-electron chi connectivity index (χ0n) is 8.11. The molecular weight excluding hydrogens is 184 g/mol. The topological polar surface area (TPSA) is 55.8 Å². The van der Waals surface area contributed by atoms with Crippen LogP contribution in [0.25, 0.3) is 0 Å². The Kier molecular flexibility index (Phi) is 3.34. The molecule has 0 aromatic heterocycles. The minimum absolute atomic E-state index is 0.110. The summed E-state index contributed by atoms with van der Waals surface area (Å²) in [5.41, 5.74) is 0.110. The van der Waals surface area contributed by atoms with Crippen LogP contribution in [0.2, 0.25) is 0 Å². The number of aromatic hydroxyl groups is 1. The SMILES string of the molecule is CCOc1cccc(C(=O)OC)c1O. The predicted molar refractivity (Wildman–Crippen MR) is 50.6 cm³/mol. The van der Waals surface area contributed by atoms with Gasteiger partial charge in [-0.2, -0.15) is 0 Å². The van der Waals surface area contributed by atoms with Gasteiger partial charge in [0.1, 0.15) is 5.56 Å². The molecule has 4 heteroatoms. The number of esters is 1. The van der Waals surface area contributed by atoms with Crippen molar-refractivity contribution in [3.63, 3.8) is 0 Å². The van der Waals surface area contributed by atoms with E-state index in [1.54, 1.807) is 19.1 Å². The summed E-state index contributed by atoms with van der Waals surface area (Å²) in [6.45, 7) is 2.22. The summed E-state index contributed by atoms with van der Waals surface area (Å²) in [7, 11) is 1.26. The Morgan fingerprint density at radius 2 is 2.21 bits per heavy atom. The van der Waals surface area contributed by atoms with Crippen LogP contribution in [0.3, 0.4) is 0 Å². The fourth-order valence-corrected chi connectivity index (χ4v) is 1.07. The number of phenols is 1. The lowest BCUT2D eigenvalue weighted by Crippen LogP contribution is -2.02. The van der Waals surface area contributed by atoms with Gasteiger partial charge in [0.05, 0.1) is 13.7 Å². The predicted octanol–water partition coefficient (Wildman–Crippen LogP) is 1.58. The van der Waals surface area contributed by atoms with Gasteiger partial charge in [0, 0.05) is 0 Å². The summed E-state index contributed by atoms with van der Waals surface area (Å²) in [5, 5.41) is 9.60. The van der Waals surface area contributed by atoms with Gasteiger partial charge in [0.25, 0.3) is 0 Å². The second kappa shape index (κ2) is 4.50. The molecule has 0 aliphatic carbocycles. The summed E-state index contributed by atoms with van der Waals surface area (Å²) >= 11 is 0. The highest BCUT2D eigenvalue weighted by Crippen LogP contribution is 2.29. The molecule has 0 aliphatic rings. The molecule has 1 aromatic carbocycles. The van der Waals surface area contributed by atoms with E-state index in [0.29, 0.717) is 6.61 Å². The zero-order chi connectivity index (χ0) is 10.6. The maximum atomic E-state index is 11.2. The quantitative estimate of drug-likeness (QED) is 0.745. The molecule has 76 valence electrons. The maximum absolute atomic E-state index is 11.2. The number of benzene rings is 1. The fourth-order valence-electron chi connectivity index (χ4n) is 1.07. The molecule has 0 bridgehead atoms. The molecule has 0 heterocycles. The number of rotatable bonds is 3. The van der Waals surface area contributed by atoms with Crippen LogP contribution in [-0.2, 0) is 4.74 Å².